The molecular formula is C14H19NO2. The molecule has 1 atom stereocenters. The van der Waals surface area contributed by atoms with E-state index in [1.807, 2.05) is 24.4 Å². The van der Waals surface area contributed by atoms with Crippen LogP contribution in [0.3, 0.4) is 0 Å². The van der Waals surface area contributed by atoms with Crippen molar-refractivity contribution in [1.82, 2.24) is 4.98 Å². The van der Waals surface area contributed by atoms with Crippen molar-refractivity contribution < 1.29 is 9.53 Å². The van der Waals surface area contributed by atoms with Crippen molar-refractivity contribution in [3.63, 3.8) is 0 Å². The van der Waals surface area contributed by atoms with Gasteiger partial charge in [0, 0.05) is 24.7 Å². The van der Waals surface area contributed by atoms with Crippen LogP contribution in [0.4, 0.5) is 0 Å². The lowest BCUT2D eigenvalue weighted by Gasteiger charge is -2.22. The van der Waals surface area contributed by atoms with E-state index < -0.39 is 0 Å². The van der Waals surface area contributed by atoms with Crippen LogP contribution in [0.1, 0.15) is 44.2 Å². The fourth-order valence-electron chi connectivity index (χ4n) is 2.63. The van der Waals surface area contributed by atoms with Gasteiger partial charge in [-0.3, -0.25) is 9.78 Å². The van der Waals surface area contributed by atoms with E-state index in [4.69, 9.17) is 4.74 Å². The first-order valence-corrected chi connectivity index (χ1v) is 6.31. The lowest BCUT2D eigenvalue weighted by molar-refractivity contribution is -0.141. The fourth-order valence-corrected chi connectivity index (χ4v) is 2.63. The van der Waals surface area contributed by atoms with Gasteiger partial charge in [0.1, 0.15) is 0 Å². The summed E-state index contributed by atoms with van der Waals surface area (Å²) in [5, 5.41) is 0. The smallest absolute Gasteiger partial charge is 0.302 e. The molecule has 92 valence electrons. The molecule has 0 radical (unpaired) electrons. The molecule has 1 aromatic heterocycles. The Morgan fingerprint density at radius 3 is 2.82 bits per heavy atom. The molecule has 0 spiro atoms. The van der Waals surface area contributed by atoms with Gasteiger partial charge in [0.05, 0.1) is 6.61 Å². The summed E-state index contributed by atoms with van der Waals surface area (Å²) in [4.78, 5) is 15.4. The van der Waals surface area contributed by atoms with Gasteiger partial charge in [-0.05, 0) is 30.9 Å². The number of esters is 1. The average Bonchev–Trinajstić information content (AvgIpc) is 2.84. The van der Waals surface area contributed by atoms with E-state index in [2.05, 4.69) is 4.98 Å². The molecule has 1 unspecified atom stereocenters. The number of rotatable bonds is 4. The average molecular weight is 233 g/mol. The Kier molecular flexibility index (Phi) is 4.13. The van der Waals surface area contributed by atoms with E-state index in [0.717, 1.165) is 5.69 Å². The molecule has 0 aliphatic heterocycles. The van der Waals surface area contributed by atoms with Crippen molar-refractivity contribution in [2.24, 2.45) is 5.92 Å². The van der Waals surface area contributed by atoms with Gasteiger partial charge >= 0.3 is 5.97 Å². The van der Waals surface area contributed by atoms with Gasteiger partial charge in [-0.2, -0.15) is 0 Å². The van der Waals surface area contributed by atoms with E-state index >= 15 is 0 Å². The molecule has 1 saturated carbocycles. The Bertz CT molecular complexity index is 358. The highest BCUT2D eigenvalue weighted by Gasteiger charge is 2.28. The number of carbonyl (C=O) groups excluding carboxylic acids is 1. The topological polar surface area (TPSA) is 39.2 Å². The van der Waals surface area contributed by atoms with Crippen molar-refractivity contribution >= 4 is 5.97 Å². The maximum absolute atomic E-state index is 11.0. The highest BCUT2D eigenvalue weighted by Crippen LogP contribution is 2.36. The van der Waals surface area contributed by atoms with Gasteiger partial charge in [-0.15, -0.1) is 0 Å². The molecule has 0 amide bonds. The first-order valence-electron chi connectivity index (χ1n) is 6.31. The molecule has 1 fully saturated rings. The van der Waals surface area contributed by atoms with Gasteiger partial charge in [-0.25, -0.2) is 0 Å². The molecule has 0 N–H and O–H groups in total. The van der Waals surface area contributed by atoms with Crippen molar-refractivity contribution in [3.05, 3.63) is 30.1 Å². The number of hydrogen-bond acceptors (Lipinski definition) is 3. The van der Waals surface area contributed by atoms with E-state index in [1.165, 1.54) is 32.6 Å². The van der Waals surface area contributed by atoms with Crippen molar-refractivity contribution in [1.29, 1.82) is 0 Å². The van der Waals surface area contributed by atoms with Gasteiger partial charge in [0.15, 0.2) is 0 Å². The molecule has 0 saturated heterocycles. The minimum atomic E-state index is -0.205. The molecule has 2 rings (SSSR count). The number of aromatic nitrogens is 1. The maximum Gasteiger partial charge on any atom is 0.302 e. The Hall–Kier alpha value is -1.38. The maximum atomic E-state index is 11.0. The molecule has 3 nitrogen and oxygen atoms in total. The Morgan fingerprint density at radius 2 is 2.24 bits per heavy atom. The highest BCUT2D eigenvalue weighted by molar-refractivity contribution is 5.65. The van der Waals surface area contributed by atoms with E-state index in [1.54, 1.807) is 0 Å². The molecule has 1 aromatic rings. The summed E-state index contributed by atoms with van der Waals surface area (Å²) in [7, 11) is 0. The standard InChI is InChI=1S/C14H19NO2/c1-11(16)17-10-13(12-6-2-3-7-12)14-8-4-5-9-15-14/h4-5,8-9,12-13H,2-3,6-7,10H2,1H3. The SMILES string of the molecule is CC(=O)OCC(c1ccccn1)C1CCCC1. The lowest BCUT2D eigenvalue weighted by atomic mass is 9.88. The second kappa shape index (κ2) is 5.80. The highest BCUT2D eigenvalue weighted by atomic mass is 16.5. The number of pyridine rings is 1. The van der Waals surface area contributed by atoms with Crippen molar-refractivity contribution in [2.45, 2.75) is 38.5 Å². The van der Waals surface area contributed by atoms with Gasteiger partial charge in [0.25, 0.3) is 0 Å². The predicted molar refractivity (Wildman–Crippen MR) is 65.6 cm³/mol. The second-order valence-electron chi connectivity index (χ2n) is 4.71. The third-order valence-electron chi connectivity index (χ3n) is 3.50. The molecule has 3 heteroatoms. The zero-order chi connectivity index (χ0) is 12.1. The first kappa shape index (κ1) is 12.1. The van der Waals surface area contributed by atoms with E-state index in [0.29, 0.717) is 12.5 Å². The van der Waals surface area contributed by atoms with Crippen molar-refractivity contribution in [2.75, 3.05) is 6.61 Å². The predicted octanol–water partition coefficient (Wildman–Crippen LogP) is 2.92. The largest absolute Gasteiger partial charge is 0.465 e. The van der Waals surface area contributed by atoms with Crippen LogP contribution >= 0.6 is 0 Å². The fraction of sp³-hybridized carbons (Fsp3) is 0.571. The minimum Gasteiger partial charge on any atom is -0.465 e. The molecule has 1 aliphatic carbocycles. The van der Waals surface area contributed by atoms with Gasteiger partial charge in [0.2, 0.25) is 0 Å². The van der Waals surface area contributed by atoms with Crippen LogP contribution in [0.2, 0.25) is 0 Å². The van der Waals surface area contributed by atoms with E-state index in [9.17, 15) is 4.79 Å². The van der Waals surface area contributed by atoms with E-state index in [-0.39, 0.29) is 11.9 Å². The van der Waals surface area contributed by atoms with Crippen LogP contribution < -0.4 is 0 Å². The van der Waals surface area contributed by atoms with Crippen molar-refractivity contribution in [3.8, 4) is 0 Å². The lowest BCUT2D eigenvalue weighted by Crippen LogP contribution is -2.18. The van der Waals surface area contributed by atoms with Crippen LogP contribution in [-0.4, -0.2) is 17.6 Å². The van der Waals surface area contributed by atoms with Crippen LogP contribution in [0.5, 0.6) is 0 Å². The summed E-state index contributed by atoms with van der Waals surface area (Å²) in [6, 6.07) is 5.95. The first-order chi connectivity index (χ1) is 8.27. The summed E-state index contributed by atoms with van der Waals surface area (Å²) in [5.74, 6) is 0.677. The number of hydrogen-bond donors (Lipinski definition) is 0. The Morgan fingerprint density at radius 1 is 1.47 bits per heavy atom. The summed E-state index contributed by atoms with van der Waals surface area (Å²) < 4.78 is 5.19. The van der Waals surface area contributed by atoms with Gasteiger partial charge in [-0.1, -0.05) is 18.9 Å². The summed E-state index contributed by atoms with van der Waals surface area (Å²) in [6.07, 6.45) is 6.83. The van der Waals surface area contributed by atoms with Gasteiger partial charge < -0.3 is 4.74 Å². The summed E-state index contributed by atoms with van der Waals surface area (Å²) in [5.41, 5.74) is 1.06. The number of ether oxygens (including phenoxy) is 1. The third-order valence-corrected chi connectivity index (χ3v) is 3.50. The van der Waals surface area contributed by atoms with Crippen LogP contribution in [0.15, 0.2) is 24.4 Å². The monoisotopic (exact) mass is 233 g/mol. The zero-order valence-electron chi connectivity index (χ0n) is 10.3. The molecular weight excluding hydrogens is 214 g/mol. The molecule has 0 aromatic carbocycles. The molecule has 1 aliphatic rings. The third kappa shape index (κ3) is 3.29. The normalized spacial score (nSPS) is 17.9. The van der Waals surface area contributed by atoms with Crippen LogP contribution in [-0.2, 0) is 9.53 Å². The second-order valence-corrected chi connectivity index (χ2v) is 4.71. The van der Waals surface area contributed by atoms with Crippen LogP contribution in [0, 0.1) is 5.92 Å². The molecule has 0 bridgehead atoms. The number of nitrogens with zero attached hydrogens (tertiary/aromatic N) is 1. The molecule has 1 heterocycles. The number of carbonyl (C=O) groups is 1. The zero-order valence-corrected chi connectivity index (χ0v) is 10.3. The quantitative estimate of drug-likeness (QED) is 0.751. The summed E-state index contributed by atoms with van der Waals surface area (Å²) in [6.45, 7) is 1.93. The molecule has 17 heavy (non-hydrogen) atoms. The summed E-state index contributed by atoms with van der Waals surface area (Å²) >= 11 is 0. The Balaban J connectivity index is 2.08. The van der Waals surface area contributed by atoms with Crippen LogP contribution in [0.25, 0.3) is 0 Å². The Labute approximate surface area is 102 Å². The minimum absolute atomic E-state index is 0.205.